The van der Waals surface area contributed by atoms with E-state index < -0.39 is 0 Å². The van der Waals surface area contributed by atoms with E-state index in [9.17, 15) is 0 Å². The number of benzene rings is 1. The number of nitrogens with zero attached hydrogens (tertiary/aromatic N) is 1. The van der Waals surface area contributed by atoms with E-state index in [1.165, 1.54) is 25.1 Å². The first-order valence-corrected chi connectivity index (χ1v) is 5.23. The molecule has 68 valence electrons. The van der Waals surface area contributed by atoms with E-state index in [4.69, 9.17) is 0 Å². The Morgan fingerprint density at radius 1 is 1.31 bits per heavy atom. The molecule has 0 aromatic heterocycles. The Labute approximate surface area is 79.4 Å². The van der Waals surface area contributed by atoms with Crippen LogP contribution in [0.25, 0.3) is 0 Å². The molecule has 2 heterocycles. The highest BCUT2D eigenvalue weighted by molar-refractivity contribution is 5.62. The second-order valence-corrected chi connectivity index (χ2v) is 4.25. The molecule has 0 saturated carbocycles. The van der Waals surface area contributed by atoms with Crippen LogP contribution in [0, 0.1) is 0 Å². The van der Waals surface area contributed by atoms with Crippen molar-refractivity contribution in [2.24, 2.45) is 0 Å². The van der Waals surface area contributed by atoms with Crippen molar-refractivity contribution in [1.29, 1.82) is 0 Å². The molecule has 0 bridgehead atoms. The fraction of sp³-hybridized carbons (Fsp3) is 0.500. The van der Waals surface area contributed by atoms with Crippen molar-refractivity contribution in [3.8, 4) is 0 Å². The standard InChI is InChI=1S/C12H15N/c1-9-10-5-2-3-6-12(10)13-8-4-7-11(9)13/h2-3,5-6,9,11H,4,7-8H2,1H3/t9-,11-/m1/s1. The topological polar surface area (TPSA) is 3.24 Å². The van der Waals surface area contributed by atoms with Crippen LogP contribution in [0.3, 0.4) is 0 Å². The zero-order valence-electron chi connectivity index (χ0n) is 8.03. The van der Waals surface area contributed by atoms with Crippen molar-refractivity contribution in [3.63, 3.8) is 0 Å². The molecule has 0 amide bonds. The van der Waals surface area contributed by atoms with Gasteiger partial charge in [-0.15, -0.1) is 0 Å². The summed E-state index contributed by atoms with van der Waals surface area (Å²) in [4.78, 5) is 2.60. The first-order chi connectivity index (χ1) is 6.38. The van der Waals surface area contributed by atoms with Crippen molar-refractivity contribution in [3.05, 3.63) is 29.8 Å². The SMILES string of the molecule is C[C@@H]1c2ccccc2N2CCC[C@H]12. The molecule has 2 aliphatic heterocycles. The number of hydrogen-bond acceptors (Lipinski definition) is 1. The Hall–Kier alpha value is -0.980. The maximum atomic E-state index is 2.60. The first-order valence-electron chi connectivity index (χ1n) is 5.23. The normalized spacial score (nSPS) is 30.4. The summed E-state index contributed by atoms with van der Waals surface area (Å²) in [5.41, 5.74) is 3.06. The highest BCUT2D eigenvalue weighted by atomic mass is 15.2. The lowest BCUT2D eigenvalue weighted by Gasteiger charge is -2.20. The Morgan fingerprint density at radius 2 is 2.15 bits per heavy atom. The number of fused-ring (bicyclic) bond motifs is 3. The lowest BCUT2D eigenvalue weighted by atomic mass is 9.95. The lowest BCUT2D eigenvalue weighted by Crippen LogP contribution is -2.26. The summed E-state index contributed by atoms with van der Waals surface area (Å²) in [5.74, 6) is 0.749. The van der Waals surface area contributed by atoms with Gasteiger partial charge in [0.25, 0.3) is 0 Å². The van der Waals surface area contributed by atoms with Gasteiger partial charge in [-0.05, 0) is 24.5 Å². The molecule has 0 spiro atoms. The molecule has 1 heteroatoms. The third-order valence-electron chi connectivity index (χ3n) is 3.61. The summed E-state index contributed by atoms with van der Waals surface area (Å²) >= 11 is 0. The van der Waals surface area contributed by atoms with Gasteiger partial charge in [0, 0.05) is 24.2 Å². The number of para-hydroxylation sites is 1. The molecule has 0 aliphatic carbocycles. The fourth-order valence-electron chi connectivity index (χ4n) is 2.95. The number of rotatable bonds is 0. The van der Waals surface area contributed by atoms with E-state index in [-0.39, 0.29) is 0 Å². The Kier molecular flexibility index (Phi) is 1.43. The van der Waals surface area contributed by atoms with Gasteiger partial charge in [0.2, 0.25) is 0 Å². The van der Waals surface area contributed by atoms with Gasteiger partial charge in [-0.1, -0.05) is 25.1 Å². The maximum Gasteiger partial charge on any atom is 0.0404 e. The Bertz CT molecular complexity index is 332. The minimum Gasteiger partial charge on any atom is -0.368 e. The number of hydrogen-bond donors (Lipinski definition) is 0. The van der Waals surface area contributed by atoms with Crippen LogP contribution >= 0.6 is 0 Å². The van der Waals surface area contributed by atoms with E-state index in [0.29, 0.717) is 0 Å². The van der Waals surface area contributed by atoms with Crippen molar-refractivity contribution in [2.45, 2.75) is 31.7 Å². The van der Waals surface area contributed by atoms with Gasteiger partial charge in [0.1, 0.15) is 0 Å². The van der Waals surface area contributed by atoms with Gasteiger partial charge in [-0.3, -0.25) is 0 Å². The van der Waals surface area contributed by atoms with Gasteiger partial charge in [0.15, 0.2) is 0 Å². The third kappa shape index (κ3) is 0.874. The second kappa shape index (κ2) is 2.50. The van der Waals surface area contributed by atoms with Gasteiger partial charge >= 0.3 is 0 Å². The summed E-state index contributed by atoms with van der Waals surface area (Å²) in [6.45, 7) is 3.64. The highest BCUT2D eigenvalue weighted by Crippen LogP contribution is 2.44. The molecule has 0 unspecified atom stereocenters. The molecule has 13 heavy (non-hydrogen) atoms. The van der Waals surface area contributed by atoms with Gasteiger partial charge in [-0.25, -0.2) is 0 Å². The summed E-state index contributed by atoms with van der Waals surface area (Å²) in [6.07, 6.45) is 2.76. The molecule has 1 nitrogen and oxygen atoms in total. The van der Waals surface area contributed by atoms with Crippen molar-refractivity contribution < 1.29 is 0 Å². The molecule has 2 aliphatic rings. The summed E-state index contributed by atoms with van der Waals surface area (Å²) in [5, 5.41) is 0. The molecule has 1 aromatic carbocycles. The Morgan fingerprint density at radius 3 is 3.08 bits per heavy atom. The van der Waals surface area contributed by atoms with Crippen LogP contribution in [0.2, 0.25) is 0 Å². The van der Waals surface area contributed by atoms with Crippen LogP contribution in [0.1, 0.15) is 31.2 Å². The average molecular weight is 173 g/mol. The minimum absolute atomic E-state index is 0.749. The minimum atomic E-state index is 0.749. The monoisotopic (exact) mass is 173 g/mol. The van der Waals surface area contributed by atoms with Crippen LogP contribution in [-0.4, -0.2) is 12.6 Å². The number of anilines is 1. The predicted octanol–water partition coefficient (Wildman–Crippen LogP) is 2.77. The van der Waals surface area contributed by atoms with Gasteiger partial charge in [-0.2, -0.15) is 0 Å². The zero-order valence-corrected chi connectivity index (χ0v) is 8.03. The quantitative estimate of drug-likeness (QED) is 0.583. The summed E-state index contributed by atoms with van der Waals surface area (Å²) < 4.78 is 0. The van der Waals surface area contributed by atoms with Crippen molar-refractivity contribution in [1.82, 2.24) is 0 Å². The molecular formula is C12H15N. The molecule has 2 atom stereocenters. The van der Waals surface area contributed by atoms with Crippen LogP contribution in [0.5, 0.6) is 0 Å². The van der Waals surface area contributed by atoms with E-state index >= 15 is 0 Å². The molecule has 1 fully saturated rings. The van der Waals surface area contributed by atoms with E-state index in [1.807, 2.05) is 0 Å². The first kappa shape index (κ1) is 7.43. The zero-order chi connectivity index (χ0) is 8.84. The average Bonchev–Trinajstić information content (AvgIpc) is 2.72. The lowest BCUT2D eigenvalue weighted by molar-refractivity contribution is 0.603. The van der Waals surface area contributed by atoms with E-state index in [1.54, 1.807) is 5.56 Å². The summed E-state index contributed by atoms with van der Waals surface area (Å²) in [6, 6.07) is 9.69. The molecule has 0 radical (unpaired) electrons. The molecule has 0 N–H and O–H groups in total. The van der Waals surface area contributed by atoms with Crippen LogP contribution in [-0.2, 0) is 0 Å². The smallest absolute Gasteiger partial charge is 0.0404 e. The van der Waals surface area contributed by atoms with Crippen LogP contribution in [0.4, 0.5) is 5.69 Å². The van der Waals surface area contributed by atoms with E-state index in [2.05, 4.69) is 36.1 Å². The van der Waals surface area contributed by atoms with Gasteiger partial charge < -0.3 is 4.90 Å². The van der Waals surface area contributed by atoms with Crippen molar-refractivity contribution in [2.75, 3.05) is 11.4 Å². The molecule has 1 saturated heterocycles. The highest BCUT2D eigenvalue weighted by Gasteiger charge is 2.37. The van der Waals surface area contributed by atoms with Crippen molar-refractivity contribution >= 4 is 5.69 Å². The largest absolute Gasteiger partial charge is 0.368 e. The molecule has 3 rings (SSSR count). The van der Waals surface area contributed by atoms with Crippen LogP contribution < -0.4 is 4.90 Å². The molecule has 1 aromatic rings. The predicted molar refractivity (Wildman–Crippen MR) is 55.2 cm³/mol. The Balaban J connectivity index is 2.13. The second-order valence-electron chi connectivity index (χ2n) is 4.25. The fourth-order valence-corrected chi connectivity index (χ4v) is 2.95. The van der Waals surface area contributed by atoms with Gasteiger partial charge in [0.05, 0.1) is 0 Å². The van der Waals surface area contributed by atoms with E-state index in [0.717, 1.165) is 12.0 Å². The summed E-state index contributed by atoms with van der Waals surface area (Å²) in [7, 11) is 0. The maximum absolute atomic E-state index is 2.60. The third-order valence-corrected chi connectivity index (χ3v) is 3.61. The van der Waals surface area contributed by atoms with Crippen LogP contribution in [0.15, 0.2) is 24.3 Å². The molecular weight excluding hydrogens is 158 g/mol.